The van der Waals surface area contributed by atoms with Gasteiger partial charge in [0, 0.05) is 17.3 Å². The molecule has 118 valence electrons. The first-order valence-corrected chi connectivity index (χ1v) is 7.76. The van der Waals surface area contributed by atoms with E-state index in [0.29, 0.717) is 0 Å². The van der Waals surface area contributed by atoms with Crippen LogP contribution >= 0.6 is 0 Å². The molecule has 0 unspecified atom stereocenters. The van der Waals surface area contributed by atoms with Gasteiger partial charge in [-0.05, 0) is 53.2 Å². The Bertz CT molecular complexity index is 638. The van der Waals surface area contributed by atoms with Crippen LogP contribution in [0.15, 0.2) is 41.4 Å². The van der Waals surface area contributed by atoms with Crippen molar-refractivity contribution in [3.63, 3.8) is 0 Å². The van der Waals surface area contributed by atoms with Crippen LogP contribution < -0.4 is 5.32 Å². The molecule has 3 heteroatoms. The second-order valence-electron chi connectivity index (χ2n) is 7.68. The SMILES string of the molecule is CC(C)(C)N=Cc1[nH]c(NC(C)(C)C)cc1-c1ccccc1. The highest BCUT2D eigenvalue weighted by atomic mass is 15.0. The number of anilines is 1. The molecule has 1 aromatic heterocycles. The molecule has 0 atom stereocenters. The van der Waals surface area contributed by atoms with Gasteiger partial charge in [-0.15, -0.1) is 0 Å². The molecule has 3 nitrogen and oxygen atoms in total. The molecule has 22 heavy (non-hydrogen) atoms. The van der Waals surface area contributed by atoms with Gasteiger partial charge in [-0.25, -0.2) is 0 Å². The fraction of sp³-hybridized carbons (Fsp3) is 0.421. The van der Waals surface area contributed by atoms with Gasteiger partial charge in [0.25, 0.3) is 0 Å². The predicted molar refractivity (Wildman–Crippen MR) is 97.0 cm³/mol. The lowest BCUT2D eigenvalue weighted by atomic mass is 10.1. The first-order valence-electron chi connectivity index (χ1n) is 7.76. The number of H-pyrrole nitrogens is 1. The number of rotatable bonds is 3. The third kappa shape index (κ3) is 4.76. The minimum absolute atomic E-state index is 0.0112. The molecule has 1 aromatic carbocycles. The van der Waals surface area contributed by atoms with Gasteiger partial charge in [-0.3, -0.25) is 4.99 Å². The smallest absolute Gasteiger partial charge is 0.104 e. The molecule has 0 saturated carbocycles. The maximum absolute atomic E-state index is 4.64. The lowest BCUT2D eigenvalue weighted by molar-refractivity contribution is 0.586. The molecule has 0 amide bonds. The summed E-state index contributed by atoms with van der Waals surface area (Å²) in [6, 6.07) is 12.6. The zero-order chi connectivity index (χ0) is 16.4. The average Bonchev–Trinajstić information content (AvgIpc) is 2.77. The summed E-state index contributed by atoms with van der Waals surface area (Å²) < 4.78 is 0. The standard InChI is InChI=1S/C19H27N3/c1-18(2,3)20-13-16-15(14-10-8-7-9-11-14)12-17(21-16)22-19(4,5)6/h7-13,21-22H,1-6H3. The highest BCUT2D eigenvalue weighted by Gasteiger charge is 2.15. The predicted octanol–water partition coefficient (Wildman–Crippen LogP) is 5.11. The first-order chi connectivity index (χ1) is 10.1. The van der Waals surface area contributed by atoms with E-state index in [-0.39, 0.29) is 11.1 Å². The topological polar surface area (TPSA) is 40.2 Å². The Balaban J connectivity index is 2.43. The van der Waals surface area contributed by atoms with Gasteiger partial charge in [0.2, 0.25) is 0 Å². The summed E-state index contributed by atoms with van der Waals surface area (Å²) in [6.45, 7) is 12.8. The van der Waals surface area contributed by atoms with E-state index >= 15 is 0 Å². The van der Waals surface area contributed by atoms with E-state index in [1.807, 2.05) is 12.3 Å². The Hall–Kier alpha value is -2.03. The minimum Gasteiger partial charge on any atom is -0.367 e. The molecule has 0 radical (unpaired) electrons. The minimum atomic E-state index is -0.0866. The molecule has 2 aromatic rings. The molecule has 0 spiro atoms. The largest absolute Gasteiger partial charge is 0.367 e. The summed E-state index contributed by atoms with van der Waals surface area (Å²) >= 11 is 0. The van der Waals surface area contributed by atoms with Crippen LogP contribution in [-0.2, 0) is 0 Å². The molecule has 2 N–H and O–H groups in total. The van der Waals surface area contributed by atoms with E-state index in [1.54, 1.807) is 0 Å². The van der Waals surface area contributed by atoms with Gasteiger partial charge in [0.05, 0.1) is 11.2 Å². The van der Waals surface area contributed by atoms with Crippen LogP contribution in [0.3, 0.4) is 0 Å². The van der Waals surface area contributed by atoms with Gasteiger partial charge in [-0.1, -0.05) is 30.3 Å². The van der Waals surface area contributed by atoms with Crippen molar-refractivity contribution in [3.8, 4) is 11.1 Å². The van der Waals surface area contributed by atoms with E-state index in [0.717, 1.165) is 11.5 Å². The van der Waals surface area contributed by atoms with E-state index in [2.05, 4.69) is 87.2 Å². The number of aliphatic imine (C=N–C) groups is 1. The van der Waals surface area contributed by atoms with E-state index in [4.69, 9.17) is 0 Å². The summed E-state index contributed by atoms with van der Waals surface area (Å²) in [7, 11) is 0. The van der Waals surface area contributed by atoms with Crippen LogP contribution in [0.4, 0.5) is 5.82 Å². The van der Waals surface area contributed by atoms with Gasteiger partial charge >= 0.3 is 0 Å². The third-order valence-electron chi connectivity index (χ3n) is 3.02. The van der Waals surface area contributed by atoms with Crippen molar-refractivity contribution in [2.45, 2.75) is 52.6 Å². The van der Waals surface area contributed by atoms with Gasteiger partial charge in [0.1, 0.15) is 5.82 Å². The first kappa shape index (κ1) is 16.3. The number of benzene rings is 1. The summed E-state index contributed by atoms with van der Waals surface area (Å²) in [5.74, 6) is 1.02. The molecule has 0 aliphatic heterocycles. The van der Waals surface area contributed by atoms with Gasteiger partial charge in [0.15, 0.2) is 0 Å². The van der Waals surface area contributed by atoms with Crippen LogP contribution in [0.2, 0.25) is 0 Å². The molecule has 0 bridgehead atoms. The number of aromatic nitrogens is 1. The van der Waals surface area contributed by atoms with Crippen molar-refractivity contribution in [1.82, 2.24) is 4.98 Å². The quantitative estimate of drug-likeness (QED) is 0.759. The van der Waals surface area contributed by atoms with E-state index in [9.17, 15) is 0 Å². The van der Waals surface area contributed by atoms with E-state index < -0.39 is 0 Å². The average molecular weight is 297 g/mol. The number of nitrogens with zero attached hydrogens (tertiary/aromatic N) is 1. The molecule has 0 aliphatic carbocycles. The number of nitrogens with one attached hydrogen (secondary N) is 2. The molecule has 2 rings (SSSR count). The second kappa shape index (κ2) is 5.99. The molecular weight excluding hydrogens is 270 g/mol. The van der Waals surface area contributed by atoms with Crippen molar-refractivity contribution < 1.29 is 0 Å². The third-order valence-corrected chi connectivity index (χ3v) is 3.02. The Morgan fingerprint density at radius 2 is 1.64 bits per heavy atom. The Morgan fingerprint density at radius 3 is 2.18 bits per heavy atom. The summed E-state index contributed by atoms with van der Waals surface area (Å²) in [4.78, 5) is 8.09. The zero-order valence-corrected chi connectivity index (χ0v) is 14.5. The summed E-state index contributed by atoms with van der Waals surface area (Å²) in [5.41, 5.74) is 3.32. The highest BCUT2D eigenvalue weighted by Crippen LogP contribution is 2.27. The van der Waals surface area contributed by atoms with Crippen LogP contribution in [0.25, 0.3) is 11.1 Å². The molecular formula is C19H27N3. The summed E-state index contributed by atoms with van der Waals surface area (Å²) in [6.07, 6.45) is 1.94. The fourth-order valence-corrected chi connectivity index (χ4v) is 2.16. The monoisotopic (exact) mass is 297 g/mol. The maximum atomic E-state index is 4.64. The Kier molecular flexibility index (Phi) is 4.45. The molecule has 1 heterocycles. The van der Waals surface area contributed by atoms with Crippen molar-refractivity contribution in [2.24, 2.45) is 4.99 Å². The van der Waals surface area contributed by atoms with Crippen LogP contribution in [-0.4, -0.2) is 22.3 Å². The second-order valence-corrected chi connectivity index (χ2v) is 7.68. The van der Waals surface area contributed by atoms with Gasteiger partial charge < -0.3 is 10.3 Å². The number of aromatic amines is 1. The number of hydrogen-bond donors (Lipinski definition) is 2. The molecule has 0 saturated heterocycles. The van der Waals surface area contributed by atoms with Crippen LogP contribution in [0, 0.1) is 0 Å². The molecule has 0 fully saturated rings. The van der Waals surface area contributed by atoms with Crippen LogP contribution in [0.1, 0.15) is 47.2 Å². The molecule has 0 aliphatic rings. The lowest BCUT2D eigenvalue weighted by Gasteiger charge is -2.20. The fourth-order valence-electron chi connectivity index (χ4n) is 2.16. The highest BCUT2D eigenvalue weighted by molar-refractivity contribution is 5.90. The van der Waals surface area contributed by atoms with Gasteiger partial charge in [-0.2, -0.15) is 0 Å². The maximum Gasteiger partial charge on any atom is 0.104 e. The summed E-state index contributed by atoms with van der Waals surface area (Å²) in [5, 5.41) is 3.49. The van der Waals surface area contributed by atoms with E-state index in [1.165, 1.54) is 11.1 Å². The zero-order valence-electron chi connectivity index (χ0n) is 14.5. The van der Waals surface area contributed by atoms with Crippen molar-refractivity contribution in [3.05, 3.63) is 42.1 Å². The van der Waals surface area contributed by atoms with Crippen molar-refractivity contribution >= 4 is 12.0 Å². The van der Waals surface area contributed by atoms with Crippen molar-refractivity contribution in [1.29, 1.82) is 0 Å². The van der Waals surface area contributed by atoms with Crippen LogP contribution in [0.5, 0.6) is 0 Å². The number of hydrogen-bond acceptors (Lipinski definition) is 2. The Morgan fingerprint density at radius 1 is 1.00 bits per heavy atom. The lowest BCUT2D eigenvalue weighted by Crippen LogP contribution is -2.26. The normalized spacial score (nSPS) is 12.8. The van der Waals surface area contributed by atoms with Crippen molar-refractivity contribution in [2.75, 3.05) is 5.32 Å². The Labute approximate surface area is 133 Å².